The van der Waals surface area contributed by atoms with Gasteiger partial charge in [0, 0.05) is 11.1 Å². The van der Waals surface area contributed by atoms with E-state index in [0.717, 1.165) is 12.1 Å². The van der Waals surface area contributed by atoms with Crippen molar-refractivity contribution in [1.82, 2.24) is 0 Å². The summed E-state index contributed by atoms with van der Waals surface area (Å²) in [6.45, 7) is 1.54. The van der Waals surface area contributed by atoms with Gasteiger partial charge < -0.3 is 0 Å². The van der Waals surface area contributed by atoms with Gasteiger partial charge in [-0.05, 0) is 36.8 Å². The lowest BCUT2D eigenvalue weighted by atomic mass is 10.2. The predicted octanol–water partition coefficient (Wildman–Crippen LogP) is 3.73. The van der Waals surface area contributed by atoms with Crippen molar-refractivity contribution in [2.75, 3.05) is 4.72 Å². The Morgan fingerprint density at radius 3 is 2.50 bits per heavy atom. The Morgan fingerprint density at radius 2 is 1.85 bits per heavy atom. The van der Waals surface area contributed by atoms with Crippen LogP contribution in [0, 0.1) is 18.6 Å². The highest BCUT2D eigenvalue weighted by molar-refractivity contribution is 7.92. The molecule has 0 saturated carbocycles. The molecule has 20 heavy (non-hydrogen) atoms. The molecule has 0 aliphatic carbocycles. The Bertz CT molecular complexity index is 763. The van der Waals surface area contributed by atoms with Gasteiger partial charge in [0.1, 0.15) is 11.6 Å². The summed E-state index contributed by atoms with van der Waals surface area (Å²) in [6.07, 6.45) is 0. The van der Waals surface area contributed by atoms with Gasteiger partial charge in [-0.2, -0.15) is 0 Å². The fraction of sp³-hybridized carbons (Fsp3) is 0.0769. The Labute approximate surface area is 120 Å². The largest absolute Gasteiger partial charge is 0.277 e. The summed E-state index contributed by atoms with van der Waals surface area (Å²) in [5, 5.41) is 0.285. The average molecular weight is 318 g/mol. The summed E-state index contributed by atoms with van der Waals surface area (Å²) in [5.41, 5.74) is 0.0231. The van der Waals surface area contributed by atoms with Crippen LogP contribution in [0.25, 0.3) is 0 Å². The molecule has 2 aromatic carbocycles. The molecule has 0 radical (unpaired) electrons. The fourth-order valence-corrected chi connectivity index (χ4v) is 3.22. The second-order valence-electron chi connectivity index (χ2n) is 4.09. The molecule has 0 heterocycles. The van der Waals surface area contributed by atoms with E-state index >= 15 is 0 Å². The minimum Gasteiger partial charge on any atom is -0.277 e. The molecule has 2 rings (SSSR count). The number of benzene rings is 2. The minimum atomic E-state index is -4.00. The highest BCUT2D eigenvalue weighted by Crippen LogP contribution is 2.25. The summed E-state index contributed by atoms with van der Waals surface area (Å²) in [4.78, 5) is -0.0614. The fourth-order valence-electron chi connectivity index (χ4n) is 1.65. The van der Waals surface area contributed by atoms with E-state index in [1.54, 1.807) is 6.07 Å². The van der Waals surface area contributed by atoms with E-state index in [1.165, 1.54) is 19.1 Å². The van der Waals surface area contributed by atoms with Crippen LogP contribution in [0.3, 0.4) is 0 Å². The van der Waals surface area contributed by atoms with Crippen LogP contribution >= 0.6 is 11.6 Å². The first-order valence-electron chi connectivity index (χ1n) is 5.54. The first kappa shape index (κ1) is 14.7. The van der Waals surface area contributed by atoms with Gasteiger partial charge >= 0.3 is 0 Å². The lowest BCUT2D eigenvalue weighted by Gasteiger charge is -2.11. The molecule has 0 fully saturated rings. The molecule has 3 nitrogen and oxygen atoms in total. The van der Waals surface area contributed by atoms with Crippen LogP contribution in [-0.4, -0.2) is 8.42 Å². The number of hydrogen-bond donors (Lipinski definition) is 1. The Hall–Kier alpha value is -1.66. The standard InChI is InChI=1S/C13H10ClF2NO2S/c1-8-10(14)3-2-4-13(8)20(18,19)17-12-6-5-9(15)7-11(12)16/h2-7,17H,1H3. The van der Waals surface area contributed by atoms with Gasteiger partial charge in [-0.25, -0.2) is 17.2 Å². The van der Waals surface area contributed by atoms with Crippen molar-refractivity contribution in [2.24, 2.45) is 0 Å². The first-order valence-corrected chi connectivity index (χ1v) is 7.40. The van der Waals surface area contributed by atoms with Gasteiger partial charge in [-0.1, -0.05) is 17.7 Å². The van der Waals surface area contributed by atoms with E-state index in [-0.39, 0.29) is 15.6 Å². The van der Waals surface area contributed by atoms with Crippen molar-refractivity contribution in [3.63, 3.8) is 0 Å². The molecule has 0 atom stereocenters. The summed E-state index contributed by atoms with van der Waals surface area (Å²) < 4.78 is 52.7. The molecular formula is C13H10ClF2NO2S. The third-order valence-electron chi connectivity index (χ3n) is 2.68. The molecule has 0 aliphatic rings. The number of nitrogens with one attached hydrogen (secondary N) is 1. The van der Waals surface area contributed by atoms with Crippen LogP contribution in [0.1, 0.15) is 5.56 Å². The van der Waals surface area contributed by atoms with Crippen molar-refractivity contribution in [1.29, 1.82) is 0 Å². The zero-order valence-electron chi connectivity index (χ0n) is 10.3. The molecule has 0 amide bonds. The molecule has 0 unspecified atom stereocenters. The van der Waals surface area contributed by atoms with Gasteiger partial charge in [0.05, 0.1) is 10.6 Å². The van der Waals surface area contributed by atoms with Crippen LogP contribution in [0.4, 0.5) is 14.5 Å². The molecular weight excluding hydrogens is 308 g/mol. The number of sulfonamides is 1. The Kier molecular flexibility index (Phi) is 3.96. The number of halogens is 3. The smallest absolute Gasteiger partial charge is 0.262 e. The molecule has 0 bridgehead atoms. The minimum absolute atomic E-state index is 0.0614. The molecule has 0 saturated heterocycles. The van der Waals surface area contributed by atoms with Crippen LogP contribution in [-0.2, 0) is 10.0 Å². The summed E-state index contributed by atoms with van der Waals surface area (Å²) in [5.74, 6) is -1.78. The van der Waals surface area contributed by atoms with Crippen LogP contribution in [0.2, 0.25) is 5.02 Å². The highest BCUT2D eigenvalue weighted by Gasteiger charge is 2.19. The maximum Gasteiger partial charge on any atom is 0.262 e. The van der Waals surface area contributed by atoms with Gasteiger partial charge in [-0.3, -0.25) is 4.72 Å². The Balaban J connectivity index is 2.44. The summed E-state index contributed by atoms with van der Waals surface area (Å²) in [7, 11) is -4.00. The third-order valence-corrected chi connectivity index (χ3v) is 4.60. The molecule has 7 heteroatoms. The second kappa shape index (κ2) is 5.38. The monoisotopic (exact) mass is 317 g/mol. The van der Waals surface area contributed by atoms with Crippen molar-refractivity contribution in [3.05, 3.63) is 58.6 Å². The van der Waals surface area contributed by atoms with Gasteiger partial charge in [0.2, 0.25) is 0 Å². The van der Waals surface area contributed by atoms with E-state index in [9.17, 15) is 17.2 Å². The molecule has 0 aromatic heterocycles. The van der Waals surface area contributed by atoms with Crippen LogP contribution in [0.15, 0.2) is 41.3 Å². The molecule has 2 aromatic rings. The average Bonchev–Trinajstić information content (AvgIpc) is 2.36. The first-order chi connectivity index (χ1) is 9.31. The predicted molar refractivity (Wildman–Crippen MR) is 73.4 cm³/mol. The topological polar surface area (TPSA) is 46.2 Å². The lowest BCUT2D eigenvalue weighted by molar-refractivity contribution is 0.582. The van der Waals surface area contributed by atoms with Gasteiger partial charge in [0.15, 0.2) is 0 Å². The van der Waals surface area contributed by atoms with E-state index in [0.29, 0.717) is 11.6 Å². The molecule has 0 aliphatic heterocycles. The van der Waals surface area contributed by atoms with E-state index < -0.39 is 21.7 Å². The van der Waals surface area contributed by atoms with Crippen molar-refractivity contribution in [2.45, 2.75) is 11.8 Å². The van der Waals surface area contributed by atoms with Crippen molar-refractivity contribution >= 4 is 27.3 Å². The van der Waals surface area contributed by atoms with Crippen LogP contribution in [0.5, 0.6) is 0 Å². The zero-order valence-corrected chi connectivity index (χ0v) is 11.9. The van der Waals surface area contributed by atoms with Crippen molar-refractivity contribution in [3.8, 4) is 0 Å². The maximum atomic E-state index is 13.5. The molecule has 106 valence electrons. The molecule has 0 spiro atoms. The van der Waals surface area contributed by atoms with Crippen LogP contribution < -0.4 is 4.72 Å². The second-order valence-corrected chi connectivity index (χ2v) is 6.15. The number of rotatable bonds is 3. The lowest BCUT2D eigenvalue weighted by Crippen LogP contribution is -2.15. The van der Waals surface area contributed by atoms with Gasteiger partial charge in [0.25, 0.3) is 10.0 Å². The highest BCUT2D eigenvalue weighted by atomic mass is 35.5. The quantitative estimate of drug-likeness (QED) is 0.937. The number of hydrogen-bond acceptors (Lipinski definition) is 2. The van der Waals surface area contributed by atoms with E-state index in [1.807, 2.05) is 0 Å². The normalized spacial score (nSPS) is 11.4. The summed E-state index contributed by atoms with van der Waals surface area (Å²) >= 11 is 5.86. The van der Waals surface area contributed by atoms with E-state index in [2.05, 4.69) is 4.72 Å². The zero-order chi connectivity index (χ0) is 14.9. The third kappa shape index (κ3) is 2.91. The number of anilines is 1. The SMILES string of the molecule is Cc1c(Cl)cccc1S(=O)(=O)Nc1ccc(F)cc1F. The van der Waals surface area contributed by atoms with E-state index in [4.69, 9.17) is 11.6 Å². The Morgan fingerprint density at radius 1 is 1.15 bits per heavy atom. The van der Waals surface area contributed by atoms with Crippen molar-refractivity contribution < 1.29 is 17.2 Å². The summed E-state index contributed by atoms with van der Waals surface area (Å²) in [6, 6.07) is 6.96. The molecule has 1 N–H and O–H groups in total. The maximum absolute atomic E-state index is 13.5. The van der Waals surface area contributed by atoms with Gasteiger partial charge in [-0.15, -0.1) is 0 Å².